The zero-order valence-electron chi connectivity index (χ0n) is 10.5. The summed E-state index contributed by atoms with van der Waals surface area (Å²) in [4.78, 5) is 11.8. The molecule has 1 aromatic rings. The van der Waals surface area contributed by atoms with Gasteiger partial charge in [0.25, 0.3) is 0 Å². The molecule has 5 nitrogen and oxygen atoms in total. The molecule has 3 N–H and O–H groups in total. The van der Waals surface area contributed by atoms with Gasteiger partial charge in [-0.3, -0.25) is 4.79 Å². The van der Waals surface area contributed by atoms with E-state index in [-0.39, 0.29) is 22.2 Å². The Balaban J connectivity index is 3.08. The summed E-state index contributed by atoms with van der Waals surface area (Å²) in [5, 5.41) is 2.56. The fraction of sp³-hybridized carbons (Fsp3) is 0.417. The van der Waals surface area contributed by atoms with Crippen LogP contribution in [-0.4, -0.2) is 26.1 Å². The molecule has 0 bridgehead atoms. The average Bonchev–Trinajstić information content (AvgIpc) is 2.38. The van der Waals surface area contributed by atoms with Crippen LogP contribution >= 0.6 is 0 Å². The standard InChI is InChI=1S/C12H18N2O3S/c1-3-9(13)12(15)14-10-7-5-6-8-11(10)18(16,17)4-2/h5-9H,3-4,13H2,1-2H3,(H,14,15). The maximum atomic E-state index is 11.9. The van der Waals surface area contributed by atoms with Crippen molar-refractivity contribution in [2.75, 3.05) is 11.1 Å². The van der Waals surface area contributed by atoms with Crippen molar-refractivity contribution >= 4 is 21.4 Å². The number of amides is 1. The highest BCUT2D eigenvalue weighted by molar-refractivity contribution is 7.91. The van der Waals surface area contributed by atoms with Crippen LogP contribution in [-0.2, 0) is 14.6 Å². The van der Waals surface area contributed by atoms with Gasteiger partial charge in [-0.05, 0) is 18.6 Å². The van der Waals surface area contributed by atoms with Crippen LogP contribution in [0, 0.1) is 0 Å². The number of sulfone groups is 1. The third-order valence-electron chi connectivity index (χ3n) is 2.64. The molecule has 0 saturated heterocycles. The lowest BCUT2D eigenvalue weighted by atomic mass is 10.2. The Morgan fingerprint density at radius 2 is 1.94 bits per heavy atom. The minimum absolute atomic E-state index is 0.0142. The van der Waals surface area contributed by atoms with Crippen molar-refractivity contribution in [2.24, 2.45) is 5.73 Å². The molecule has 6 heteroatoms. The lowest BCUT2D eigenvalue weighted by Crippen LogP contribution is -2.35. The molecular weight excluding hydrogens is 252 g/mol. The third kappa shape index (κ3) is 3.30. The van der Waals surface area contributed by atoms with Crippen molar-refractivity contribution in [3.8, 4) is 0 Å². The van der Waals surface area contributed by atoms with Gasteiger partial charge in [0.15, 0.2) is 9.84 Å². The summed E-state index contributed by atoms with van der Waals surface area (Å²) in [6.45, 7) is 3.35. The first kappa shape index (κ1) is 14.7. The molecule has 0 spiro atoms. The van der Waals surface area contributed by atoms with Gasteiger partial charge in [-0.2, -0.15) is 0 Å². The molecular formula is C12H18N2O3S. The molecule has 1 unspecified atom stereocenters. The van der Waals surface area contributed by atoms with Gasteiger partial charge in [0.05, 0.1) is 22.4 Å². The highest BCUT2D eigenvalue weighted by Gasteiger charge is 2.19. The molecule has 1 atom stereocenters. The zero-order chi connectivity index (χ0) is 13.8. The molecule has 0 aliphatic carbocycles. The molecule has 1 rings (SSSR count). The molecule has 0 radical (unpaired) electrons. The van der Waals surface area contributed by atoms with Crippen LogP contribution in [0.2, 0.25) is 0 Å². The second-order valence-electron chi connectivity index (χ2n) is 3.90. The zero-order valence-corrected chi connectivity index (χ0v) is 11.3. The minimum atomic E-state index is -3.36. The van der Waals surface area contributed by atoms with Crippen molar-refractivity contribution < 1.29 is 13.2 Å². The molecule has 1 aromatic carbocycles. The first-order valence-corrected chi connectivity index (χ1v) is 7.45. The molecule has 0 heterocycles. The maximum Gasteiger partial charge on any atom is 0.241 e. The highest BCUT2D eigenvalue weighted by atomic mass is 32.2. The SMILES string of the molecule is CCC(N)C(=O)Nc1ccccc1S(=O)(=O)CC. The Morgan fingerprint density at radius 1 is 1.33 bits per heavy atom. The first-order valence-electron chi connectivity index (χ1n) is 5.80. The summed E-state index contributed by atoms with van der Waals surface area (Å²) in [7, 11) is -3.36. The van der Waals surface area contributed by atoms with Gasteiger partial charge in [0.1, 0.15) is 0 Å². The predicted molar refractivity (Wildman–Crippen MR) is 71.1 cm³/mol. The second-order valence-corrected chi connectivity index (χ2v) is 6.15. The Bertz CT molecular complexity index is 526. The second kappa shape index (κ2) is 5.97. The molecule has 18 heavy (non-hydrogen) atoms. The number of hydrogen-bond donors (Lipinski definition) is 2. The van der Waals surface area contributed by atoms with Crippen LogP contribution in [0.5, 0.6) is 0 Å². The summed E-state index contributed by atoms with van der Waals surface area (Å²) in [5.74, 6) is -0.393. The lowest BCUT2D eigenvalue weighted by Gasteiger charge is -2.13. The minimum Gasteiger partial charge on any atom is -0.324 e. The molecule has 0 saturated carbocycles. The summed E-state index contributed by atoms with van der Waals surface area (Å²) >= 11 is 0. The van der Waals surface area contributed by atoms with Crippen LogP contribution in [0.3, 0.4) is 0 Å². The van der Waals surface area contributed by atoms with E-state index in [0.717, 1.165) is 0 Å². The van der Waals surface area contributed by atoms with Gasteiger partial charge in [0.2, 0.25) is 5.91 Å². The van der Waals surface area contributed by atoms with Crippen LogP contribution in [0.4, 0.5) is 5.69 Å². The number of carbonyl (C=O) groups is 1. The van der Waals surface area contributed by atoms with Crippen LogP contribution in [0.25, 0.3) is 0 Å². The van der Waals surface area contributed by atoms with E-state index >= 15 is 0 Å². The molecule has 100 valence electrons. The normalized spacial score (nSPS) is 13.1. The first-order chi connectivity index (χ1) is 8.42. The van der Waals surface area contributed by atoms with Crippen molar-refractivity contribution in [1.29, 1.82) is 0 Å². The lowest BCUT2D eigenvalue weighted by molar-refractivity contribution is -0.117. The molecule has 0 fully saturated rings. The van der Waals surface area contributed by atoms with Crippen LogP contribution in [0.1, 0.15) is 20.3 Å². The average molecular weight is 270 g/mol. The van der Waals surface area contributed by atoms with E-state index in [1.165, 1.54) is 6.07 Å². The topological polar surface area (TPSA) is 89.3 Å². The fourth-order valence-corrected chi connectivity index (χ4v) is 2.46. The number of hydrogen-bond acceptors (Lipinski definition) is 4. The van der Waals surface area contributed by atoms with E-state index in [2.05, 4.69) is 5.32 Å². The number of anilines is 1. The van der Waals surface area contributed by atoms with Crippen LogP contribution < -0.4 is 11.1 Å². The van der Waals surface area contributed by atoms with Crippen molar-refractivity contribution in [3.05, 3.63) is 24.3 Å². The Kier molecular flexibility index (Phi) is 4.86. The van der Waals surface area contributed by atoms with Crippen molar-refractivity contribution in [1.82, 2.24) is 0 Å². The van der Waals surface area contributed by atoms with Gasteiger partial charge in [-0.1, -0.05) is 26.0 Å². The van der Waals surface area contributed by atoms with Crippen LogP contribution in [0.15, 0.2) is 29.2 Å². The Labute approximate surface area is 107 Å². The molecule has 0 aliphatic rings. The summed E-state index contributed by atoms with van der Waals surface area (Å²) in [6.07, 6.45) is 0.495. The summed E-state index contributed by atoms with van der Waals surface area (Å²) < 4.78 is 23.7. The number of rotatable bonds is 5. The van der Waals surface area contributed by atoms with Crippen molar-refractivity contribution in [2.45, 2.75) is 31.2 Å². The Hall–Kier alpha value is -1.40. The number of benzene rings is 1. The van der Waals surface area contributed by atoms with Gasteiger partial charge < -0.3 is 11.1 Å². The monoisotopic (exact) mass is 270 g/mol. The summed E-state index contributed by atoms with van der Waals surface area (Å²) in [5.41, 5.74) is 5.88. The van der Waals surface area contributed by atoms with Gasteiger partial charge >= 0.3 is 0 Å². The van der Waals surface area contributed by atoms with E-state index in [0.29, 0.717) is 6.42 Å². The van der Waals surface area contributed by atoms with Crippen molar-refractivity contribution in [3.63, 3.8) is 0 Å². The number of nitrogens with two attached hydrogens (primary N) is 1. The number of carbonyl (C=O) groups excluding carboxylic acids is 1. The summed E-state index contributed by atoms with van der Waals surface area (Å²) in [6, 6.07) is 5.69. The molecule has 1 amide bonds. The fourth-order valence-electron chi connectivity index (χ4n) is 1.41. The number of nitrogens with one attached hydrogen (secondary N) is 1. The third-order valence-corrected chi connectivity index (χ3v) is 4.42. The largest absolute Gasteiger partial charge is 0.324 e. The maximum absolute atomic E-state index is 11.9. The highest BCUT2D eigenvalue weighted by Crippen LogP contribution is 2.22. The quantitative estimate of drug-likeness (QED) is 0.840. The Morgan fingerprint density at radius 3 is 2.50 bits per heavy atom. The molecule has 0 aliphatic heterocycles. The van der Waals surface area contributed by atoms with Gasteiger partial charge in [-0.25, -0.2) is 8.42 Å². The van der Waals surface area contributed by atoms with E-state index in [1.54, 1.807) is 32.0 Å². The smallest absolute Gasteiger partial charge is 0.241 e. The predicted octanol–water partition coefficient (Wildman–Crippen LogP) is 1.16. The van der Waals surface area contributed by atoms with E-state index < -0.39 is 15.9 Å². The van der Waals surface area contributed by atoms with E-state index in [9.17, 15) is 13.2 Å². The number of para-hydroxylation sites is 1. The van der Waals surface area contributed by atoms with Gasteiger partial charge in [-0.15, -0.1) is 0 Å². The van der Waals surface area contributed by atoms with E-state index in [1.807, 2.05) is 0 Å². The van der Waals surface area contributed by atoms with Gasteiger partial charge in [0, 0.05) is 0 Å². The molecule has 0 aromatic heterocycles. The van der Waals surface area contributed by atoms with E-state index in [4.69, 9.17) is 5.73 Å².